The van der Waals surface area contributed by atoms with Crippen molar-refractivity contribution in [3.05, 3.63) is 0 Å². The molecule has 1 saturated heterocycles. The summed E-state index contributed by atoms with van der Waals surface area (Å²) < 4.78 is 0. The van der Waals surface area contributed by atoms with E-state index < -0.39 is 0 Å². The number of aliphatic hydroxyl groups excluding tert-OH is 1. The largest absolute Gasteiger partial charge is 0.391 e. The zero-order chi connectivity index (χ0) is 9.26. The second-order valence-corrected chi connectivity index (χ2v) is 4.36. The van der Waals surface area contributed by atoms with Crippen LogP contribution in [0.3, 0.4) is 0 Å². The van der Waals surface area contributed by atoms with Crippen LogP contribution < -0.4 is 5.32 Å². The van der Waals surface area contributed by atoms with Crippen molar-refractivity contribution in [2.45, 2.75) is 44.4 Å². The van der Waals surface area contributed by atoms with E-state index in [2.05, 4.69) is 17.1 Å². The number of aliphatic hydroxyl groups is 1. The van der Waals surface area contributed by atoms with Gasteiger partial charge < -0.3 is 10.4 Å². The minimum Gasteiger partial charge on any atom is -0.391 e. The first-order valence-corrected chi connectivity index (χ1v) is 5.43. The summed E-state index contributed by atoms with van der Waals surface area (Å²) in [6.07, 6.45) is 3.32. The highest BCUT2D eigenvalue weighted by Gasteiger charge is 2.33. The normalized spacial score (nSPS) is 42.5. The van der Waals surface area contributed by atoms with Crippen LogP contribution in [-0.2, 0) is 0 Å². The summed E-state index contributed by atoms with van der Waals surface area (Å²) in [6, 6.07) is 1.03. The smallest absolute Gasteiger partial charge is 0.0695 e. The number of nitrogens with one attached hydrogen (secondary N) is 1. The summed E-state index contributed by atoms with van der Waals surface area (Å²) in [6.45, 7) is 5.50. The lowest BCUT2D eigenvalue weighted by atomic mass is 10.1. The molecule has 0 aromatic heterocycles. The van der Waals surface area contributed by atoms with E-state index in [4.69, 9.17) is 0 Å². The maximum absolute atomic E-state index is 9.80. The van der Waals surface area contributed by atoms with Gasteiger partial charge in [0.05, 0.1) is 6.10 Å². The zero-order valence-corrected chi connectivity index (χ0v) is 8.37. The molecule has 0 aromatic carbocycles. The average molecular weight is 184 g/mol. The molecular formula is C10H20N2O. The third kappa shape index (κ3) is 1.87. The second-order valence-electron chi connectivity index (χ2n) is 4.36. The summed E-state index contributed by atoms with van der Waals surface area (Å²) in [5, 5.41) is 13.2. The monoisotopic (exact) mass is 184 g/mol. The van der Waals surface area contributed by atoms with E-state index in [1.165, 1.54) is 12.8 Å². The molecule has 3 atom stereocenters. The third-order valence-electron chi connectivity index (χ3n) is 3.42. The zero-order valence-electron chi connectivity index (χ0n) is 8.37. The van der Waals surface area contributed by atoms with Gasteiger partial charge in [-0.2, -0.15) is 0 Å². The van der Waals surface area contributed by atoms with Crippen LogP contribution in [0, 0.1) is 0 Å². The van der Waals surface area contributed by atoms with Crippen LogP contribution in [0.5, 0.6) is 0 Å². The molecule has 1 aliphatic heterocycles. The number of rotatable bonds is 1. The Hall–Kier alpha value is -0.120. The van der Waals surface area contributed by atoms with Gasteiger partial charge in [0.2, 0.25) is 0 Å². The SMILES string of the molecule is CC1CNCCN1C1CCCC1O. The minimum absolute atomic E-state index is 0.0689. The molecule has 1 heterocycles. The van der Waals surface area contributed by atoms with Crippen molar-refractivity contribution in [1.82, 2.24) is 10.2 Å². The Kier molecular flexibility index (Phi) is 2.86. The highest BCUT2D eigenvalue weighted by molar-refractivity contribution is 4.90. The molecule has 0 bridgehead atoms. The number of hydrogen-bond donors (Lipinski definition) is 2. The summed E-state index contributed by atoms with van der Waals surface area (Å²) in [7, 11) is 0. The third-order valence-corrected chi connectivity index (χ3v) is 3.42. The average Bonchev–Trinajstić information content (AvgIpc) is 2.52. The highest BCUT2D eigenvalue weighted by atomic mass is 16.3. The fourth-order valence-corrected chi connectivity index (χ4v) is 2.66. The van der Waals surface area contributed by atoms with E-state index >= 15 is 0 Å². The fraction of sp³-hybridized carbons (Fsp3) is 1.00. The first kappa shape index (κ1) is 9.44. The predicted octanol–water partition coefficient (Wildman–Crippen LogP) is 0.193. The van der Waals surface area contributed by atoms with Gasteiger partial charge in [-0.15, -0.1) is 0 Å². The Morgan fingerprint density at radius 3 is 2.85 bits per heavy atom. The van der Waals surface area contributed by atoms with Crippen LogP contribution in [0.1, 0.15) is 26.2 Å². The van der Waals surface area contributed by atoms with Gasteiger partial charge in [-0.05, 0) is 26.2 Å². The van der Waals surface area contributed by atoms with Crippen LogP contribution in [0.2, 0.25) is 0 Å². The summed E-state index contributed by atoms with van der Waals surface area (Å²) in [5.74, 6) is 0. The van der Waals surface area contributed by atoms with E-state index in [1.807, 2.05) is 0 Å². The molecule has 0 spiro atoms. The maximum atomic E-state index is 9.80. The van der Waals surface area contributed by atoms with Gasteiger partial charge in [0.25, 0.3) is 0 Å². The number of nitrogens with zero attached hydrogens (tertiary/aromatic N) is 1. The predicted molar refractivity (Wildman–Crippen MR) is 52.7 cm³/mol. The van der Waals surface area contributed by atoms with E-state index in [9.17, 15) is 5.11 Å². The molecule has 3 nitrogen and oxygen atoms in total. The van der Waals surface area contributed by atoms with E-state index in [0.717, 1.165) is 26.1 Å². The topological polar surface area (TPSA) is 35.5 Å². The summed E-state index contributed by atoms with van der Waals surface area (Å²) >= 11 is 0. The van der Waals surface area contributed by atoms with Crippen LogP contribution in [-0.4, -0.2) is 47.8 Å². The molecule has 13 heavy (non-hydrogen) atoms. The fourth-order valence-electron chi connectivity index (χ4n) is 2.66. The molecule has 1 saturated carbocycles. The van der Waals surface area contributed by atoms with Crippen molar-refractivity contribution in [3.8, 4) is 0 Å². The van der Waals surface area contributed by atoms with Gasteiger partial charge in [-0.1, -0.05) is 0 Å². The molecular weight excluding hydrogens is 164 g/mol. The van der Waals surface area contributed by atoms with Crippen molar-refractivity contribution >= 4 is 0 Å². The molecule has 3 unspecified atom stereocenters. The molecule has 0 radical (unpaired) electrons. The number of hydrogen-bond acceptors (Lipinski definition) is 3. The van der Waals surface area contributed by atoms with Gasteiger partial charge in [0.1, 0.15) is 0 Å². The molecule has 2 fully saturated rings. The van der Waals surface area contributed by atoms with E-state index in [0.29, 0.717) is 12.1 Å². The summed E-state index contributed by atoms with van der Waals surface area (Å²) in [4.78, 5) is 2.48. The molecule has 2 aliphatic rings. The molecule has 0 amide bonds. The van der Waals surface area contributed by atoms with Crippen LogP contribution in [0.4, 0.5) is 0 Å². The molecule has 2 N–H and O–H groups in total. The van der Waals surface area contributed by atoms with Crippen LogP contribution in [0.25, 0.3) is 0 Å². The minimum atomic E-state index is -0.0689. The van der Waals surface area contributed by atoms with Gasteiger partial charge in [0.15, 0.2) is 0 Å². The lowest BCUT2D eigenvalue weighted by Gasteiger charge is -2.39. The summed E-state index contributed by atoms with van der Waals surface area (Å²) in [5.41, 5.74) is 0. The molecule has 76 valence electrons. The number of piperazine rings is 1. The second kappa shape index (κ2) is 3.95. The van der Waals surface area contributed by atoms with E-state index in [1.54, 1.807) is 0 Å². The lowest BCUT2D eigenvalue weighted by Crippen LogP contribution is -2.55. The van der Waals surface area contributed by atoms with Crippen molar-refractivity contribution in [2.75, 3.05) is 19.6 Å². The Morgan fingerprint density at radius 1 is 1.38 bits per heavy atom. The Balaban J connectivity index is 1.97. The highest BCUT2D eigenvalue weighted by Crippen LogP contribution is 2.25. The van der Waals surface area contributed by atoms with Crippen molar-refractivity contribution in [1.29, 1.82) is 0 Å². The van der Waals surface area contributed by atoms with Crippen molar-refractivity contribution < 1.29 is 5.11 Å². The van der Waals surface area contributed by atoms with Gasteiger partial charge >= 0.3 is 0 Å². The van der Waals surface area contributed by atoms with Crippen molar-refractivity contribution in [2.24, 2.45) is 0 Å². The van der Waals surface area contributed by atoms with E-state index in [-0.39, 0.29) is 6.10 Å². The van der Waals surface area contributed by atoms with Crippen molar-refractivity contribution in [3.63, 3.8) is 0 Å². The lowest BCUT2D eigenvalue weighted by molar-refractivity contribution is 0.0366. The maximum Gasteiger partial charge on any atom is 0.0695 e. The van der Waals surface area contributed by atoms with Gasteiger partial charge in [-0.25, -0.2) is 0 Å². The Labute approximate surface area is 80.1 Å². The molecule has 2 rings (SSSR count). The van der Waals surface area contributed by atoms with Gasteiger partial charge in [0, 0.05) is 31.7 Å². The molecule has 3 heteroatoms. The quantitative estimate of drug-likeness (QED) is 0.611. The Morgan fingerprint density at radius 2 is 2.23 bits per heavy atom. The van der Waals surface area contributed by atoms with Gasteiger partial charge in [-0.3, -0.25) is 4.90 Å². The molecule has 0 aromatic rings. The molecule has 1 aliphatic carbocycles. The van der Waals surface area contributed by atoms with Crippen LogP contribution >= 0.6 is 0 Å². The first-order chi connectivity index (χ1) is 6.29. The van der Waals surface area contributed by atoms with Crippen LogP contribution in [0.15, 0.2) is 0 Å². The standard InChI is InChI=1S/C10H20N2O/c1-8-7-11-5-6-12(8)9-3-2-4-10(9)13/h8-11,13H,2-7H2,1H3. The Bertz CT molecular complexity index is 174. The first-order valence-electron chi connectivity index (χ1n) is 5.43.